The molecule has 1 aliphatic carbocycles. The van der Waals surface area contributed by atoms with Gasteiger partial charge in [0.1, 0.15) is 0 Å². The maximum absolute atomic E-state index is 10.0. The molecule has 0 spiro atoms. The summed E-state index contributed by atoms with van der Waals surface area (Å²) in [5, 5.41) is 13.5. The minimum atomic E-state index is -0.563. The van der Waals surface area contributed by atoms with Crippen LogP contribution < -0.4 is 5.32 Å². The Bertz CT molecular complexity index is 388. The van der Waals surface area contributed by atoms with Crippen molar-refractivity contribution in [2.45, 2.75) is 56.2 Å². The summed E-state index contributed by atoms with van der Waals surface area (Å²) in [4.78, 5) is 1.25. The van der Waals surface area contributed by atoms with Gasteiger partial charge in [-0.25, -0.2) is 0 Å². The number of rotatable bonds is 7. The Labute approximate surface area is 114 Å². The third-order valence-electron chi connectivity index (χ3n) is 3.38. The molecule has 1 aromatic carbocycles. The van der Waals surface area contributed by atoms with Crippen molar-refractivity contribution >= 4 is 11.8 Å². The average molecular weight is 265 g/mol. The van der Waals surface area contributed by atoms with E-state index in [9.17, 15) is 5.11 Å². The van der Waals surface area contributed by atoms with E-state index < -0.39 is 5.60 Å². The Kier molecular flexibility index (Phi) is 4.71. The maximum Gasteiger partial charge on any atom is 0.0710 e. The van der Waals surface area contributed by atoms with E-state index in [1.807, 2.05) is 13.8 Å². The van der Waals surface area contributed by atoms with E-state index in [-0.39, 0.29) is 0 Å². The van der Waals surface area contributed by atoms with E-state index in [2.05, 4.69) is 29.6 Å². The second-order valence-electron chi connectivity index (χ2n) is 5.44. The molecule has 1 saturated carbocycles. The fourth-order valence-corrected chi connectivity index (χ4v) is 2.73. The standard InChI is InChI=1S/C15H23NOS/c1-3-15(2,17)11-18-14-6-4-5-12(9-14)10-16-13-7-8-13/h4-6,9,13,16-17H,3,7-8,10-11H2,1-2H3. The molecule has 2 N–H and O–H groups in total. The van der Waals surface area contributed by atoms with Crippen molar-refractivity contribution in [3.8, 4) is 0 Å². The van der Waals surface area contributed by atoms with Crippen LogP contribution in [0.15, 0.2) is 29.2 Å². The molecule has 0 heterocycles. The van der Waals surface area contributed by atoms with Crippen molar-refractivity contribution in [3.05, 3.63) is 29.8 Å². The topological polar surface area (TPSA) is 32.3 Å². The van der Waals surface area contributed by atoms with E-state index >= 15 is 0 Å². The van der Waals surface area contributed by atoms with E-state index in [4.69, 9.17) is 0 Å². The van der Waals surface area contributed by atoms with Crippen molar-refractivity contribution in [1.29, 1.82) is 0 Å². The summed E-state index contributed by atoms with van der Waals surface area (Å²) in [6, 6.07) is 9.37. The van der Waals surface area contributed by atoms with E-state index in [0.717, 1.165) is 24.8 Å². The SMILES string of the molecule is CCC(C)(O)CSc1cccc(CNC2CC2)c1. The van der Waals surface area contributed by atoms with Crippen LogP contribution in [-0.4, -0.2) is 22.5 Å². The van der Waals surface area contributed by atoms with Gasteiger partial charge in [-0.1, -0.05) is 19.1 Å². The third kappa shape index (κ3) is 4.63. The van der Waals surface area contributed by atoms with E-state index in [0.29, 0.717) is 0 Å². The van der Waals surface area contributed by atoms with Gasteiger partial charge in [0.05, 0.1) is 5.60 Å². The highest BCUT2D eigenvalue weighted by Crippen LogP contribution is 2.25. The van der Waals surface area contributed by atoms with Crippen LogP contribution in [-0.2, 0) is 6.54 Å². The summed E-state index contributed by atoms with van der Waals surface area (Å²) in [6.07, 6.45) is 3.45. The lowest BCUT2D eigenvalue weighted by Gasteiger charge is -2.20. The van der Waals surface area contributed by atoms with Crippen LogP contribution in [0.4, 0.5) is 0 Å². The Balaban J connectivity index is 1.85. The lowest BCUT2D eigenvalue weighted by atomic mass is 10.1. The molecule has 0 aromatic heterocycles. The number of thioether (sulfide) groups is 1. The molecule has 0 bridgehead atoms. The van der Waals surface area contributed by atoms with Crippen molar-refractivity contribution < 1.29 is 5.11 Å². The molecule has 0 amide bonds. The molecular weight excluding hydrogens is 242 g/mol. The van der Waals surface area contributed by atoms with Gasteiger partial charge in [0.15, 0.2) is 0 Å². The van der Waals surface area contributed by atoms with Gasteiger partial charge in [-0.2, -0.15) is 0 Å². The highest BCUT2D eigenvalue weighted by Gasteiger charge is 2.20. The van der Waals surface area contributed by atoms with Crippen LogP contribution in [0.2, 0.25) is 0 Å². The second-order valence-corrected chi connectivity index (χ2v) is 6.49. The molecule has 1 fully saturated rings. The van der Waals surface area contributed by atoms with Gasteiger partial charge in [-0.3, -0.25) is 0 Å². The first-order chi connectivity index (χ1) is 8.59. The van der Waals surface area contributed by atoms with Crippen molar-refractivity contribution in [3.63, 3.8) is 0 Å². The molecule has 0 aliphatic heterocycles. The fraction of sp³-hybridized carbons (Fsp3) is 0.600. The Morgan fingerprint density at radius 2 is 2.22 bits per heavy atom. The maximum atomic E-state index is 10.0. The molecule has 1 aromatic rings. The van der Waals surface area contributed by atoms with Gasteiger partial charge in [0.25, 0.3) is 0 Å². The van der Waals surface area contributed by atoms with Crippen molar-refractivity contribution in [2.75, 3.05) is 5.75 Å². The predicted molar refractivity (Wildman–Crippen MR) is 77.9 cm³/mol. The first-order valence-electron chi connectivity index (χ1n) is 6.76. The molecule has 1 atom stereocenters. The van der Waals surface area contributed by atoms with Crippen LogP contribution in [0, 0.1) is 0 Å². The predicted octanol–water partition coefficient (Wildman–Crippen LogP) is 3.19. The molecule has 2 rings (SSSR count). The van der Waals surface area contributed by atoms with Gasteiger partial charge in [0, 0.05) is 23.2 Å². The van der Waals surface area contributed by atoms with Gasteiger partial charge in [-0.15, -0.1) is 11.8 Å². The summed E-state index contributed by atoms with van der Waals surface area (Å²) in [6.45, 7) is 4.89. The zero-order valence-electron chi connectivity index (χ0n) is 11.3. The van der Waals surface area contributed by atoms with Gasteiger partial charge < -0.3 is 10.4 Å². The van der Waals surface area contributed by atoms with Crippen LogP contribution >= 0.6 is 11.8 Å². The van der Waals surface area contributed by atoms with Crippen LogP contribution in [0.3, 0.4) is 0 Å². The lowest BCUT2D eigenvalue weighted by Crippen LogP contribution is -2.25. The van der Waals surface area contributed by atoms with Crippen LogP contribution in [0.1, 0.15) is 38.7 Å². The lowest BCUT2D eigenvalue weighted by molar-refractivity contribution is 0.0816. The zero-order chi connectivity index (χ0) is 13.0. The van der Waals surface area contributed by atoms with Gasteiger partial charge in [-0.05, 0) is 43.9 Å². The summed E-state index contributed by atoms with van der Waals surface area (Å²) < 4.78 is 0. The Morgan fingerprint density at radius 1 is 1.44 bits per heavy atom. The van der Waals surface area contributed by atoms with E-state index in [1.54, 1.807) is 11.8 Å². The van der Waals surface area contributed by atoms with Gasteiger partial charge >= 0.3 is 0 Å². The highest BCUT2D eigenvalue weighted by atomic mass is 32.2. The Hall–Kier alpha value is -0.510. The number of hydrogen-bond donors (Lipinski definition) is 2. The monoisotopic (exact) mass is 265 g/mol. The minimum Gasteiger partial charge on any atom is -0.389 e. The molecular formula is C15H23NOS. The van der Waals surface area contributed by atoms with E-state index in [1.165, 1.54) is 23.3 Å². The zero-order valence-corrected chi connectivity index (χ0v) is 12.1. The fourth-order valence-electron chi connectivity index (χ4n) is 1.64. The van der Waals surface area contributed by atoms with Crippen LogP contribution in [0.5, 0.6) is 0 Å². The Morgan fingerprint density at radius 3 is 2.89 bits per heavy atom. The number of nitrogens with one attached hydrogen (secondary N) is 1. The number of hydrogen-bond acceptors (Lipinski definition) is 3. The number of benzene rings is 1. The molecule has 18 heavy (non-hydrogen) atoms. The van der Waals surface area contributed by atoms with Crippen molar-refractivity contribution in [2.24, 2.45) is 0 Å². The molecule has 100 valence electrons. The largest absolute Gasteiger partial charge is 0.389 e. The molecule has 1 aliphatic rings. The highest BCUT2D eigenvalue weighted by molar-refractivity contribution is 7.99. The number of aliphatic hydroxyl groups is 1. The summed E-state index contributed by atoms with van der Waals surface area (Å²) >= 11 is 1.74. The van der Waals surface area contributed by atoms with Crippen molar-refractivity contribution in [1.82, 2.24) is 5.32 Å². The normalized spacial score (nSPS) is 18.6. The first kappa shape index (κ1) is 13.9. The first-order valence-corrected chi connectivity index (χ1v) is 7.75. The second kappa shape index (κ2) is 6.09. The summed E-state index contributed by atoms with van der Waals surface area (Å²) in [5.74, 6) is 0.753. The molecule has 2 nitrogen and oxygen atoms in total. The minimum absolute atomic E-state index is 0.563. The average Bonchev–Trinajstić information content (AvgIpc) is 3.19. The molecule has 0 saturated heterocycles. The molecule has 1 unspecified atom stereocenters. The summed E-state index contributed by atoms with van der Waals surface area (Å²) in [7, 11) is 0. The molecule has 3 heteroatoms. The van der Waals surface area contributed by atoms with Gasteiger partial charge in [0.2, 0.25) is 0 Å². The molecule has 0 radical (unpaired) electrons. The smallest absolute Gasteiger partial charge is 0.0710 e. The van der Waals surface area contributed by atoms with Crippen LogP contribution in [0.25, 0.3) is 0 Å². The third-order valence-corrected chi connectivity index (χ3v) is 4.74. The summed E-state index contributed by atoms with van der Waals surface area (Å²) in [5.41, 5.74) is 0.774. The quantitative estimate of drug-likeness (QED) is 0.743.